The van der Waals surface area contributed by atoms with Gasteiger partial charge in [-0.3, -0.25) is 0 Å². The summed E-state index contributed by atoms with van der Waals surface area (Å²) in [6.07, 6.45) is 1.04. The molecule has 0 fully saturated rings. The van der Waals surface area contributed by atoms with Gasteiger partial charge >= 0.3 is 0 Å². The molecular weight excluding hydrogens is 321 g/mol. The van der Waals surface area contributed by atoms with E-state index in [1.807, 2.05) is 18.2 Å². The molecular formula is C16H17BrFNO. The highest BCUT2D eigenvalue weighted by Crippen LogP contribution is 2.29. The second kappa shape index (κ2) is 7.41. The highest BCUT2D eigenvalue weighted by atomic mass is 79.9. The molecule has 0 aliphatic carbocycles. The summed E-state index contributed by atoms with van der Waals surface area (Å²) >= 11 is 3.36. The summed E-state index contributed by atoms with van der Waals surface area (Å²) in [5, 5.41) is 3.26. The average Bonchev–Trinajstić information content (AvgIpc) is 2.45. The van der Waals surface area contributed by atoms with E-state index >= 15 is 0 Å². The van der Waals surface area contributed by atoms with Crippen LogP contribution in [0.25, 0.3) is 0 Å². The van der Waals surface area contributed by atoms with Crippen LogP contribution in [0.2, 0.25) is 0 Å². The van der Waals surface area contributed by atoms with E-state index in [1.165, 1.54) is 6.07 Å². The minimum Gasteiger partial charge on any atom is -0.454 e. The third-order valence-corrected chi connectivity index (χ3v) is 3.35. The first-order valence-corrected chi connectivity index (χ1v) is 7.41. The number of hydrogen-bond donors (Lipinski definition) is 1. The maximum absolute atomic E-state index is 14.0. The summed E-state index contributed by atoms with van der Waals surface area (Å²) in [6, 6.07) is 12.3. The summed E-state index contributed by atoms with van der Waals surface area (Å²) in [5.74, 6) is 0.567. The Morgan fingerprint density at radius 1 is 1.15 bits per heavy atom. The normalized spacial score (nSPS) is 10.6. The lowest BCUT2D eigenvalue weighted by molar-refractivity contribution is 0.433. The van der Waals surface area contributed by atoms with Crippen LogP contribution >= 0.6 is 15.9 Å². The molecule has 0 unspecified atom stereocenters. The van der Waals surface area contributed by atoms with Crippen molar-refractivity contribution in [3.05, 3.63) is 58.3 Å². The molecule has 106 valence electrons. The van der Waals surface area contributed by atoms with Crippen LogP contribution in [0, 0.1) is 5.82 Å². The van der Waals surface area contributed by atoms with E-state index in [2.05, 4.69) is 28.2 Å². The minimum absolute atomic E-state index is 0.290. The largest absolute Gasteiger partial charge is 0.454 e. The molecule has 0 bridgehead atoms. The average molecular weight is 338 g/mol. The second-order valence-corrected chi connectivity index (χ2v) is 5.38. The number of rotatable bonds is 6. The summed E-state index contributed by atoms with van der Waals surface area (Å²) in [6.45, 7) is 3.59. The molecule has 0 amide bonds. The van der Waals surface area contributed by atoms with Crippen molar-refractivity contribution in [3.63, 3.8) is 0 Å². The fourth-order valence-electron chi connectivity index (χ4n) is 1.83. The van der Waals surface area contributed by atoms with Gasteiger partial charge in [-0.05, 0) is 43.3 Å². The van der Waals surface area contributed by atoms with Crippen molar-refractivity contribution in [2.75, 3.05) is 6.54 Å². The first-order chi connectivity index (χ1) is 9.70. The first-order valence-electron chi connectivity index (χ1n) is 6.62. The van der Waals surface area contributed by atoms with Crippen LogP contribution in [0.1, 0.15) is 18.9 Å². The summed E-state index contributed by atoms with van der Waals surface area (Å²) in [4.78, 5) is 0. The lowest BCUT2D eigenvalue weighted by atomic mass is 10.2. The van der Waals surface area contributed by atoms with Gasteiger partial charge in [0.2, 0.25) is 0 Å². The third-order valence-electron chi connectivity index (χ3n) is 2.82. The van der Waals surface area contributed by atoms with Crippen LogP contribution in [-0.2, 0) is 6.54 Å². The van der Waals surface area contributed by atoms with Crippen molar-refractivity contribution in [2.24, 2.45) is 0 Å². The molecule has 20 heavy (non-hydrogen) atoms. The Labute approximate surface area is 127 Å². The number of hydrogen-bond acceptors (Lipinski definition) is 2. The molecule has 0 aliphatic heterocycles. The Morgan fingerprint density at radius 2 is 1.90 bits per heavy atom. The van der Waals surface area contributed by atoms with Crippen molar-refractivity contribution < 1.29 is 9.13 Å². The van der Waals surface area contributed by atoms with Gasteiger partial charge in [0.1, 0.15) is 5.75 Å². The van der Waals surface area contributed by atoms with Gasteiger partial charge in [-0.15, -0.1) is 0 Å². The molecule has 0 heterocycles. The molecule has 0 atom stereocenters. The Bertz CT molecular complexity index is 557. The van der Waals surface area contributed by atoms with Crippen molar-refractivity contribution in [1.82, 2.24) is 5.32 Å². The van der Waals surface area contributed by atoms with E-state index in [0.29, 0.717) is 18.0 Å². The van der Waals surface area contributed by atoms with E-state index < -0.39 is 0 Å². The van der Waals surface area contributed by atoms with Gasteiger partial charge in [0, 0.05) is 16.6 Å². The van der Waals surface area contributed by atoms with Crippen LogP contribution in [0.4, 0.5) is 4.39 Å². The first kappa shape index (κ1) is 15.0. The molecule has 2 aromatic carbocycles. The maximum atomic E-state index is 14.0. The quantitative estimate of drug-likeness (QED) is 0.758. The zero-order chi connectivity index (χ0) is 14.4. The Morgan fingerprint density at radius 3 is 2.60 bits per heavy atom. The molecule has 0 aromatic heterocycles. The molecule has 1 N–H and O–H groups in total. The van der Waals surface area contributed by atoms with Gasteiger partial charge in [0.05, 0.1) is 0 Å². The molecule has 0 aliphatic rings. The summed E-state index contributed by atoms with van der Waals surface area (Å²) in [5.41, 5.74) is 0.821. The van der Waals surface area contributed by atoms with E-state index in [0.717, 1.165) is 23.0 Å². The molecule has 0 spiro atoms. The van der Waals surface area contributed by atoms with Crippen molar-refractivity contribution in [1.29, 1.82) is 0 Å². The van der Waals surface area contributed by atoms with Crippen LogP contribution in [-0.4, -0.2) is 6.54 Å². The van der Waals surface area contributed by atoms with E-state index in [9.17, 15) is 4.39 Å². The van der Waals surface area contributed by atoms with Crippen LogP contribution in [0.15, 0.2) is 46.9 Å². The predicted molar refractivity (Wildman–Crippen MR) is 82.6 cm³/mol. The standard InChI is InChI=1S/C16H17BrFNO/c1-2-10-19-11-12-4-3-5-15(18)16(12)20-14-8-6-13(17)7-9-14/h3-9,19H,2,10-11H2,1H3. The number of nitrogens with one attached hydrogen (secondary N) is 1. The van der Waals surface area contributed by atoms with E-state index in [4.69, 9.17) is 4.74 Å². The van der Waals surface area contributed by atoms with Gasteiger partial charge in [0.25, 0.3) is 0 Å². The highest BCUT2D eigenvalue weighted by Gasteiger charge is 2.10. The maximum Gasteiger partial charge on any atom is 0.167 e. The molecule has 2 rings (SSSR count). The molecule has 4 heteroatoms. The van der Waals surface area contributed by atoms with Gasteiger partial charge in [0.15, 0.2) is 11.6 Å². The van der Waals surface area contributed by atoms with Gasteiger partial charge in [-0.2, -0.15) is 0 Å². The fraction of sp³-hybridized carbons (Fsp3) is 0.250. The number of benzene rings is 2. The molecule has 2 nitrogen and oxygen atoms in total. The topological polar surface area (TPSA) is 21.3 Å². The zero-order valence-electron chi connectivity index (χ0n) is 11.3. The number of ether oxygens (including phenoxy) is 1. The van der Waals surface area contributed by atoms with Crippen LogP contribution in [0.3, 0.4) is 0 Å². The number of para-hydroxylation sites is 1. The second-order valence-electron chi connectivity index (χ2n) is 4.46. The zero-order valence-corrected chi connectivity index (χ0v) is 12.9. The van der Waals surface area contributed by atoms with Gasteiger partial charge in [-0.1, -0.05) is 35.0 Å². The smallest absolute Gasteiger partial charge is 0.167 e. The lowest BCUT2D eigenvalue weighted by Gasteiger charge is -2.12. The van der Waals surface area contributed by atoms with Gasteiger partial charge in [-0.25, -0.2) is 4.39 Å². The third kappa shape index (κ3) is 4.05. The van der Waals surface area contributed by atoms with Crippen molar-refractivity contribution >= 4 is 15.9 Å². The van der Waals surface area contributed by atoms with Crippen LogP contribution in [0.5, 0.6) is 11.5 Å². The highest BCUT2D eigenvalue weighted by molar-refractivity contribution is 9.10. The van der Waals surface area contributed by atoms with Crippen molar-refractivity contribution in [2.45, 2.75) is 19.9 Å². The van der Waals surface area contributed by atoms with Crippen molar-refractivity contribution in [3.8, 4) is 11.5 Å². The SMILES string of the molecule is CCCNCc1cccc(F)c1Oc1ccc(Br)cc1. The summed E-state index contributed by atoms with van der Waals surface area (Å²) in [7, 11) is 0. The Hall–Kier alpha value is -1.39. The Balaban J connectivity index is 2.18. The molecule has 0 saturated heterocycles. The summed E-state index contributed by atoms with van der Waals surface area (Å²) < 4.78 is 20.6. The lowest BCUT2D eigenvalue weighted by Crippen LogP contribution is -2.14. The minimum atomic E-state index is -0.344. The van der Waals surface area contributed by atoms with E-state index in [1.54, 1.807) is 18.2 Å². The van der Waals surface area contributed by atoms with Gasteiger partial charge < -0.3 is 10.1 Å². The Kier molecular flexibility index (Phi) is 5.56. The predicted octanol–water partition coefficient (Wildman–Crippen LogP) is 4.88. The van der Waals surface area contributed by atoms with E-state index in [-0.39, 0.29) is 5.82 Å². The monoisotopic (exact) mass is 337 g/mol. The fourth-order valence-corrected chi connectivity index (χ4v) is 2.09. The molecule has 0 saturated carbocycles. The molecule has 0 radical (unpaired) electrons. The van der Waals surface area contributed by atoms with Crippen LogP contribution < -0.4 is 10.1 Å². The number of halogens is 2. The molecule has 2 aromatic rings.